The van der Waals surface area contributed by atoms with Crippen molar-refractivity contribution in [3.05, 3.63) is 52.3 Å². The van der Waals surface area contributed by atoms with Gasteiger partial charge in [-0.25, -0.2) is 0 Å². The van der Waals surface area contributed by atoms with Gasteiger partial charge >= 0.3 is 0 Å². The summed E-state index contributed by atoms with van der Waals surface area (Å²) < 4.78 is 1.04. The first-order chi connectivity index (χ1) is 11.0. The van der Waals surface area contributed by atoms with Crippen molar-refractivity contribution in [3.63, 3.8) is 0 Å². The molecule has 5 heteroatoms. The lowest BCUT2D eigenvalue weighted by Gasteiger charge is -2.11. The van der Waals surface area contributed by atoms with Crippen LogP contribution in [-0.2, 0) is 0 Å². The number of halogens is 1. The quantitative estimate of drug-likeness (QED) is 0.770. The first-order valence-electron chi connectivity index (χ1n) is 7.73. The van der Waals surface area contributed by atoms with Crippen LogP contribution >= 0.6 is 15.9 Å². The van der Waals surface area contributed by atoms with Crippen LogP contribution in [0.25, 0.3) is 0 Å². The standard InChI is InChI=1S/C18H22BrN3O/c1-12(2)6-8-21-18(23)17-11-15(7-9-20-17)22-16-5-4-14(19)10-13(16)3/h4-5,7,9-12H,6,8H2,1-3H3,(H,20,22)(H,21,23). The van der Waals surface area contributed by atoms with Crippen molar-refractivity contribution in [1.29, 1.82) is 0 Å². The highest BCUT2D eigenvalue weighted by Crippen LogP contribution is 2.23. The van der Waals surface area contributed by atoms with Crippen molar-refractivity contribution in [3.8, 4) is 0 Å². The highest BCUT2D eigenvalue weighted by molar-refractivity contribution is 9.10. The van der Waals surface area contributed by atoms with E-state index in [1.807, 2.05) is 31.2 Å². The van der Waals surface area contributed by atoms with Crippen LogP contribution in [0.1, 0.15) is 36.3 Å². The molecular weight excluding hydrogens is 354 g/mol. The molecule has 23 heavy (non-hydrogen) atoms. The Morgan fingerprint density at radius 3 is 2.74 bits per heavy atom. The minimum absolute atomic E-state index is 0.137. The van der Waals surface area contributed by atoms with Gasteiger partial charge in [-0.05, 0) is 55.2 Å². The fourth-order valence-electron chi connectivity index (χ4n) is 2.12. The van der Waals surface area contributed by atoms with Gasteiger partial charge in [-0.2, -0.15) is 0 Å². The van der Waals surface area contributed by atoms with Crippen LogP contribution < -0.4 is 10.6 Å². The molecule has 0 fully saturated rings. The molecule has 1 aromatic heterocycles. The number of rotatable bonds is 6. The number of nitrogens with one attached hydrogen (secondary N) is 2. The number of pyridine rings is 1. The van der Waals surface area contributed by atoms with Crippen molar-refractivity contribution in [2.45, 2.75) is 27.2 Å². The molecule has 4 nitrogen and oxygen atoms in total. The number of aryl methyl sites for hydroxylation is 1. The number of amides is 1. The average molecular weight is 376 g/mol. The van der Waals surface area contributed by atoms with E-state index in [4.69, 9.17) is 0 Å². The van der Waals surface area contributed by atoms with E-state index < -0.39 is 0 Å². The Labute approximate surface area is 145 Å². The molecule has 122 valence electrons. The van der Waals surface area contributed by atoms with Gasteiger partial charge in [0.1, 0.15) is 5.69 Å². The van der Waals surface area contributed by atoms with Crippen LogP contribution in [-0.4, -0.2) is 17.4 Å². The van der Waals surface area contributed by atoms with E-state index in [1.54, 1.807) is 12.3 Å². The van der Waals surface area contributed by atoms with Crippen molar-refractivity contribution in [2.24, 2.45) is 5.92 Å². The summed E-state index contributed by atoms with van der Waals surface area (Å²) in [6.07, 6.45) is 2.61. The first kappa shape index (κ1) is 17.5. The van der Waals surface area contributed by atoms with E-state index in [0.717, 1.165) is 27.8 Å². The van der Waals surface area contributed by atoms with Gasteiger partial charge < -0.3 is 10.6 Å². The van der Waals surface area contributed by atoms with Crippen molar-refractivity contribution in [2.75, 3.05) is 11.9 Å². The molecule has 1 aromatic carbocycles. The van der Waals surface area contributed by atoms with Crippen molar-refractivity contribution in [1.82, 2.24) is 10.3 Å². The number of benzene rings is 1. The van der Waals surface area contributed by atoms with E-state index in [0.29, 0.717) is 18.2 Å². The van der Waals surface area contributed by atoms with Gasteiger partial charge in [-0.15, -0.1) is 0 Å². The summed E-state index contributed by atoms with van der Waals surface area (Å²) in [5.74, 6) is 0.429. The average Bonchev–Trinajstić information content (AvgIpc) is 2.50. The second kappa shape index (κ2) is 8.11. The maximum atomic E-state index is 12.1. The minimum atomic E-state index is -0.137. The molecule has 2 N–H and O–H groups in total. The molecule has 0 unspecified atom stereocenters. The maximum absolute atomic E-state index is 12.1. The number of hydrogen-bond acceptors (Lipinski definition) is 3. The SMILES string of the molecule is Cc1cc(Br)ccc1Nc1ccnc(C(=O)NCCC(C)C)c1. The molecule has 2 rings (SSSR count). The Morgan fingerprint density at radius 2 is 2.04 bits per heavy atom. The van der Waals surface area contributed by atoms with E-state index in [2.05, 4.69) is 45.4 Å². The summed E-state index contributed by atoms with van der Waals surface area (Å²) in [5, 5.41) is 6.23. The zero-order chi connectivity index (χ0) is 16.8. The fraction of sp³-hybridized carbons (Fsp3) is 0.333. The molecule has 0 spiro atoms. The summed E-state index contributed by atoms with van der Waals surface area (Å²) in [5.41, 5.74) is 3.40. The van der Waals surface area contributed by atoms with Crippen LogP contribution in [0.2, 0.25) is 0 Å². The van der Waals surface area contributed by atoms with Gasteiger partial charge in [0.2, 0.25) is 0 Å². The van der Waals surface area contributed by atoms with E-state index in [1.165, 1.54) is 0 Å². The molecule has 0 aliphatic rings. The third kappa shape index (κ3) is 5.36. The van der Waals surface area contributed by atoms with Crippen LogP contribution in [0.3, 0.4) is 0 Å². The molecule has 2 aromatic rings. The summed E-state index contributed by atoms with van der Waals surface area (Å²) in [6, 6.07) is 9.65. The summed E-state index contributed by atoms with van der Waals surface area (Å²) in [6.45, 7) is 6.97. The van der Waals surface area contributed by atoms with Crippen LogP contribution in [0.15, 0.2) is 41.0 Å². The molecule has 1 heterocycles. The molecule has 0 aliphatic heterocycles. The second-order valence-electron chi connectivity index (χ2n) is 5.95. The predicted octanol–water partition coefficient (Wildman–Crippen LogP) is 4.67. The maximum Gasteiger partial charge on any atom is 0.269 e. The molecule has 0 radical (unpaired) electrons. The van der Waals surface area contributed by atoms with Gasteiger partial charge in [0.15, 0.2) is 0 Å². The van der Waals surface area contributed by atoms with Crippen molar-refractivity contribution < 1.29 is 4.79 Å². The van der Waals surface area contributed by atoms with Gasteiger partial charge in [0, 0.05) is 28.6 Å². The lowest BCUT2D eigenvalue weighted by Crippen LogP contribution is -2.26. The zero-order valence-electron chi connectivity index (χ0n) is 13.7. The first-order valence-corrected chi connectivity index (χ1v) is 8.52. The number of carbonyl (C=O) groups excluding carboxylic acids is 1. The Bertz CT molecular complexity index is 686. The number of anilines is 2. The summed E-state index contributed by atoms with van der Waals surface area (Å²) >= 11 is 3.46. The largest absolute Gasteiger partial charge is 0.355 e. The summed E-state index contributed by atoms with van der Waals surface area (Å²) in [7, 11) is 0. The fourth-order valence-corrected chi connectivity index (χ4v) is 2.60. The molecule has 0 bridgehead atoms. The van der Waals surface area contributed by atoms with Gasteiger partial charge in [-0.1, -0.05) is 29.8 Å². The van der Waals surface area contributed by atoms with Crippen LogP contribution in [0, 0.1) is 12.8 Å². The van der Waals surface area contributed by atoms with Crippen LogP contribution in [0.4, 0.5) is 11.4 Å². The lowest BCUT2D eigenvalue weighted by atomic mass is 10.1. The molecule has 0 saturated carbocycles. The van der Waals surface area contributed by atoms with E-state index in [9.17, 15) is 4.79 Å². The molecular formula is C18H22BrN3O. The third-order valence-electron chi connectivity index (χ3n) is 3.47. The van der Waals surface area contributed by atoms with E-state index >= 15 is 0 Å². The molecule has 0 atom stereocenters. The summed E-state index contributed by atoms with van der Waals surface area (Å²) in [4.78, 5) is 16.3. The highest BCUT2D eigenvalue weighted by Gasteiger charge is 2.08. The Kier molecular flexibility index (Phi) is 6.16. The Morgan fingerprint density at radius 1 is 1.26 bits per heavy atom. The lowest BCUT2D eigenvalue weighted by molar-refractivity contribution is 0.0947. The number of hydrogen-bond donors (Lipinski definition) is 2. The normalized spacial score (nSPS) is 10.7. The predicted molar refractivity (Wildman–Crippen MR) is 98.2 cm³/mol. The topological polar surface area (TPSA) is 54.0 Å². The van der Waals surface area contributed by atoms with Gasteiger partial charge in [0.25, 0.3) is 5.91 Å². The van der Waals surface area contributed by atoms with E-state index in [-0.39, 0.29) is 5.91 Å². The monoisotopic (exact) mass is 375 g/mol. The molecule has 1 amide bonds. The minimum Gasteiger partial charge on any atom is -0.355 e. The van der Waals surface area contributed by atoms with Crippen LogP contribution in [0.5, 0.6) is 0 Å². The smallest absolute Gasteiger partial charge is 0.269 e. The third-order valence-corrected chi connectivity index (χ3v) is 3.96. The molecule has 0 saturated heterocycles. The Balaban J connectivity index is 2.06. The Hall–Kier alpha value is -1.88. The van der Waals surface area contributed by atoms with Gasteiger partial charge in [0.05, 0.1) is 0 Å². The highest BCUT2D eigenvalue weighted by atomic mass is 79.9. The second-order valence-corrected chi connectivity index (χ2v) is 6.87. The molecule has 0 aliphatic carbocycles. The number of carbonyl (C=O) groups is 1. The zero-order valence-corrected chi connectivity index (χ0v) is 15.3. The number of aromatic nitrogens is 1. The van der Waals surface area contributed by atoms with Crippen molar-refractivity contribution >= 4 is 33.2 Å². The van der Waals surface area contributed by atoms with Gasteiger partial charge in [-0.3, -0.25) is 9.78 Å². The number of nitrogens with zero attached hydrogens (tertiary/aromatic N) is 1.